The van der Waals surface area contributed by atoms with Crippen LogP contribution in [0.25, 0.3) is 33.0 Å². The second kappa shape index (κ2) is 15.7. The van der Waals surface area contributed by atoms with Crippen molar-refractivity contribution >= 4 is 56.7 Å². The monoisotopic (exact) mass is 788 g/mol. The molecule has 0 N–H and O–H groups in total. The van der Waals surface area contributed by atoms with Crippen molar-refractivity contribution in [1.82, 2.24) is 14.1 Å². The molecule has 9 aromatic rings. The molecule has 0 aliphatic carbocycles. The number of hydrogen-bond acceptors (Lipinski definition) is 3. The smallest absolute Gasteiger partial charge is 0.457 e. The van der Waals surface area contributed by atoms with Crippen molar-refractivity contribution < 1.29 is 4.74 Å². The lowest BCUT2D eigenvalue weighted by Gasteiger charge is -2.26. The molecule has 0 atom stereocenters. The first-order chi connectivity index (χ1) is 29.9. The summed E-state index contributed by atoms with van der Waals surface area (Å²) < 4.78 is 11.1. The summed E-state index contributed by atoms with van der Waals surface area (Å²) in [6, 6.07) is 75.9. The average Bonchev–Trinajstić information content (AvgIpc) is 3.70. The number of pyridine rings is 1. The van der Waals surface area contributed by atoms with Gasteiger partial charge in [-0.3, -0.25) is 4.90 Å². The predicted octanol–water partition coefficient (Wildman–Crippen LogP) is 15.0. The average molecular weight is 789 g/mol. The number of hydrogen-bond donors (Lipinski definition) is 0. The Bertz CT molecular complexity index is 3050. The Hall–Kier alpha value is -7.85. The molecule has 8 aromatic carbocycles. The summed E-state index contributed by atoms with van der Waals surface area (Å²) in [6.07, 6.45) is 1.83. The molecule has 292 valence electrons. The van der Waals surface area contributed by atoms with E-state index in [0.717, 1.165) is 73.0 Å². The number of para-hydroxylation sites is 1. The van der Waals surface area contributed by atoms with Crippen molar-refractivity contribution in [2.75, 3.05) is 4.90 Å². The number of rotatable bonds is 9. The van der Waals surface area contributed by atoms with Crippen LogP contribution in [0.5, 0.6) is 11.5 Å². The minimum absolute atomic E-state index is 0.0488. The highest BCUT2D eigenvalue weighted by Crippen LogP contribution is 2.47. The standard InChI is InChI=1S/C56H44N4O/c1-56(2,3)43-31-33-44(34-32-43)60(53-29-12-13-36-57-53)46-23-15-25-48(38-46)61-47-24-14-22-45(37-47)58-39-59(55-51-26-11-10-21-42(51)30-35-52(55)58)54-49(40-17-6-4-7-18-40)27-16-28-50(54)41-19-8-5-9-20-41/h4-38H,1-3H3/q+2. The SMILES string of the molecule is CC(C)(C)c1ccc(N(c2cccc(Oc3cccc([N+]4=C=[N+](c5c(-c6ccccc6)cccc5-c5ccccc5)c5c4ccc4ccccc54)c3)c2)c2ccccn2)cc1. The number of aromatic nitrogens is 1. The van der Waals surface area contributed by atoms with Crippen molar-refractivity contribution in [3.05, 3.63) is 218 Å². The van der Waals surface area contributed by atoms with Gasteiger partial charge in [-0.1, -0.05) is 136 Å². The van der Waals surface area contributed by atoms with Gasteiger partial charge >= 0.3 is 11.7 Å². The third kappa shape index (κ3) is 7.29. The highest BCUT2D eigenvalue weighted by molar-refractivity contribution is 6.06. The van der Waals surface area contributed by atoms with E-state index in [1.807, 2.05) is 48.7 Å². The topological polar surface area (TPSA) is 31.4 Å². The van der Waals surface area contributed by atoms with E-state index in [9.17, 15) is 0 Å². The molecule has 2 heterocycles. The summed E-state index contributed by atoms with van der Waals surface area (Å²) in [5, 5.41) is 2.31. The molecule has 0 fully saturated rings. The van der Waals surface area contributed by atoms with Crippen molar-refractivity contribution in [2.24, 2.45) is 0 Å². The van der Waals surface area contributed by atoms with Crippen molar-refractivity contribution in [3.63, 3.8) is 0 Å². The van der Waals surface area contributed by atoms with Crippen LogP contribution in [0.1, 0.15) is 26.3 Å². The zero-order chi connectivity index (χ0) is 41.3. The van der Waals surface area contributed by atoms with E-state index < -0.39 is 0 Å². The zero-order valence-electron chi connectivity index (χ0n) is 34.4. The van der Waals surface area contributed by atoms with Crippen LogP contribution >= 0.6 is 0 Å². The fourth-order valence-corrected chi connectivity index (χ4v) is 8.23. The first-order valence-corrected chi connectivity index (χ1v) is 20.7. The molecule has 5 nitrogen and oxygen atoms in total. The maximum Gasteiger partial charge on any atom is 0.503 e. The van der Waals surface area contributed by atoms with Gasteiger partial charge in [0, 0.05) is 30.1 Å². The number of nitrogens with zero attached hydrogens (tertiary/aromatic N) is 4. The van der Waals surface area contributed by atoms with Crippen LogP contribution in [-0.2, 0) is 5.41 Å². The summed E-state index contributed by atoms with van der Waals surface area (Å²) >= 11 is 0. The Balaban J connectivity index is 1.09. The Morgan fingerprint density at radius 1 is 0.508 bits per heavy atom. The normalized spacial score (nSPS) is 12.1. The van der Waals surface area contributed by atoms with E-state index in [-0.39, 0.29) is 5.41 Å². The van der Waals surface area contributed by atoms with Crippen LogP contribution in [0.3, 0.4) is 0 Å². The molecule has 61 heavy (non-hydrogen) atoms. The maximum atomic E-state index is 6.71. The van der Waals surface area contributed by atoms with Gasteiger partial charge in [0.15, 0.2) is 0 Å². The van der Waals surface area contributed by atoms with Crippen molar-refractivity contribution in [3.8, 4) is 33.8 Å². The molecule has 0 saturated heterocycles. The predicted molar refractivity (Wildman–Crippen MR) is 253 cm³/mol. The highest BCUT2D eigenvalue weighted by atomic mass is 16.5. The van der Waals surface area contributed by atoms with E-state index in [2.05, 4.69) is 205 Å². The van der Waals surface area contributed by atoms with Gasteiger partial charge in [-0.05, 0) is 103 Å². The van der Waals surface area contributed by atoms with Crippen LogP contribution in [0.4, 0.5) is 39.9 Å². The number of fused-ring (bicyclic) bond motifs is 3. The molecule has 0 unspecified atom stereocenters. The van der Waals surface area contributed by atoms with Gasteiger partial charge in [0.2, 0.25) is 11.4 Å². The fourth-order valence-electron chi connectivity index (χ4n) is 8.23. The van der Waals surface area contributed by atoms with E-state index >= 15 is 0 Å². The molecule has 10 rings (SSSR count). The van der Waals surface area contributed by atoms with Gasteiger partial charge in [0.05, 0.1) is 28.3 Å². The summed E-state index contributed by atoms with van der Waals surface area (Å²) in [5.41, 5.74) is 11.9. The Morgan fingerprint density at radius 2 is 1.15 bits per heavy atom. The number of anilines is 3. The Kier molecular flexibility index (Phi) is 9.65. The molecular formula is C56H44N4O+2. The van der Waals surface area contributed by atoms with Crippen LogP contribution in [0, 0.1) is 0 Å². The first-order valence-electron chi connectivity index (χ1n) is 20.7. The lowest BCUT2D eigenvalue weighted by Crippen LogP contribution is -2.13. The van der Waals surface area contributed by atoms with E-state index in [1.54, 1.807) is 0 Å². The van der Waals surface area contributed by atoms with Gasteiger partial charge < -0.3 is 4.74 Å². The summed E-state index contributed by atoms with van der Waals surface area (Å²) in [6.45, 7) is 6.70. The zero-order valence-corrected chi connectivity index (χ0v) is 34.4. The Morgan fingerprint density at radius 3 is 1.84 bits per heavy atom. The first kappa shape index (κ1) is 37.4. The summed E-state index contributed by atoms with van der Waals surface area (Å²) in [4.78, 5) is 6.91. The third-order valence-corrected chi connectivity index (χ3v) is 11.2. The van der Waals surface area contributed by atoms with Crippen LogP contribution in [0.2, 0.25) is 0 Å². The second-order valence-corrected chi connectivity index (χ2v) is 16.3. The second-order valence-electron chi connectivity index (χ2n) is 16.3. The maximum absolute atomic E-state index is 6.71. The molecule has 0 radical (unpaired) electrons. The summed E-state index contributed by atoms with van der Waals surface area (Å²) in [7, 11) is 0. The minimum Gasteiger partial charge on any atom is -0.457 e. The molecule has 1 aliphatic heterocycles. The lowest BCUT2D eigenvalue weighted by molar-refractivity contribution is 0.483. The molecular weight excluding hydrogens is 745 g/mol. The van der Waals surface area contributed by atoms with E-state index in [4.69, 9.17) is 9.72 Å². The van der Waals surface area contributed by atoms with Crippen LogP contribution in [0.15, 0.2) is 212 Å². The number of ether oxygens (including phenoxy) is 1. The molecule has 5 heteroatoms. The molecule has 1 aliphatic rings. The van der Waals surface area contributed by atoms with Gasteiger partial charge in [0.25, 0.3) is 5.69 Å². The molecule has 0 amide bonds. The highest BCUT2D eigenvalue weighted by Gasteiger charge is 2.41. The number of benzene rings is 8. The van der Waals surface area contributed by atoms with E-state index in [0.29, 0.717) is 11.5 Å². The fraction of sp³-hybridized carbons (Fsp3) is 0.0714. The largest absolute Gasteiger partial charge is 0.503 e. The summed E-state index contributed by atoms with van der Waals surface area (Å²) in [5.74, 6) is 2.25. The van der Waals surface area contributed by atoms with E-state index in [1.165, 1.54) is 5.56 Å². The van der Waals surface area contributed by atoms with Crippen molar-refractivity contribution in [2.45, 2.75) is 26.2 Å². The third-order valence-electron chi connectivity index (χ3n) is 11.2. The quantitative estimate of drug-likeness (QED) is 0.137. The Labute approximate surface area is 357 Å². The lowest BCUT2D eigenvalue weighted by atomic mass is 9.87. The van der Waals surface area contributed by atoms with Gasteiger partial charge in [-0.25, -0.2) is 4.98 Å². The molecule has 0 saturated carbocycles. The van der Waals surface area contributed by atoms with Gasteiger partial charge in [0.1, 0.15) is 17.3 Å². The molecule has 0 spiro atoms. The molecule has 1 aromatic heterocycles. The van der Waals surface area contributed by atoms with Crippen molar-refractivity contribution in [1.29, 1.82) is 0 Å². The van der Waals surface area contributed by atoms with Gasteiger partial charge in [-0.2, -0.15) is 0 Å². The minimum atomic E-state index is 0.0488. The van der Waals surface area contributed by atoms with Crippen LogP contribution in [-0.4, -0.2) is 11.0 Å². The molecule has 0 bridgehead atoms. The van der Waals surface area contributed by atoms with Gasteiger partial charge in [-0.15, -0.1) is 0 Å². The van der Waals surface area contributed by atoms with Crippen LogP contribution < -0.4 is 18.8 Å².